The Kier molecular flexibility index (Phi) is 2.97. The zero-order chi connectivity index (χ0) is 13.7. The van der Waals surface area contributed by atoms with Crippen molar-refractivity contribution in [2.24, 2.45) is 23.8 Å². The molecule has 2 bridgehead atoms. The van der Waals surface area contributed by atoms with Crippen molar-refractivity contribution in [1.82, 2.24) is 20.1 Å². The van der Waals surface area contributed by atoms with Gasteiger partial charge in [-0.1, -0.05) is 20.8 Å². The molecule has 4 nitrogen and oxygen atoms in total. The zero-order valence-electron chi connectivity index (χ0n) is 12.6. The van der Waals surface area contributed by atoms with Crippen molar-refractivity contribution < 1.29 is 0 Å². The Hall–Kier alpha value is -0.900. The van der Waals surface area contributed by atoms with Crippen LogP contribution < -0.4 is 5.32 Å². The van der Waals surface area contributed by atoms with Gasteiger partial charge in [0.15, 0.2) is 0 Å². The molecule has 3 atom stereocenters. The van der Waals surface area contributed by atoms with Gasteiger partial charge in [-0.2, -0.15) is 0 Å². The molecule has 4 heteroatoms. The average molecular weight is 262 g/mol. The van der Waals surface area contributed by atoms with Crippen molar-refractivity contribution in [2.75, 3.05) is 6.54 Å². The van der Waals surface area contributed by atoms with Crippen LogP contribution in [0.1, 0.15) is 45.9 Å². The van der Waals surface area contributed by atoms with Crippen molar-refractivity contribution >= 4 is 0 Å². The number of aromatic nitrogens is 3. The molecule has 2 saturated carbocycles. The SMILES string of the molecule is Cn1cnnc1CCNC1C(C)(C)[C@H]2CC[C@]1(C)C2. The fraction of sp³-hybridized carbons (Fsp3) is 0.867. The summed E-state index contributed by atoms with van der Waals surface area (Å²) < 4.78 is 2.01. The topological polar surface area (TPSA) is 42.7 Å². The minimum atomic E-state index is 0.437. The molecule has 2 fully saturated rings. The summed E-state index contributed by atoms with van der Waals surface area (Å²) in [4.78, 5) is 0. The predicted octanol–water partition coefficient (Wildman–Crippen LogP) is 2.16. The van der Waals surface area contributed by atoms with Crippen molar-refractivity contribution in [1.29, 1.82) is 0 Å². The van der Waals surface area contributed by atoms with Crippen LogP contribution in [0.25, 0.3) is 0 Å². The first-order chi connectivity index (χ1) is 8.93. The Morgan fingerprint density at radius 3 is 2.79 bits per heavy atom. The average Bonchev–Trinajstić information content (AvgIpc) is 2.95. The second-order valence-electron chi connectivity index (χ2n) is 7.41. The van der Waals surface area contributed by atoms with Gasteiger partial charge in [-0.05, 0) is 36.0 Å². The molecule has 1 heterocycles. The largest absolute Gasteiger partial charge is 0.321 e. The highest BCUT2D eigenvalue weighted by molar-refractivity contribution is 5.12. The summed E-state index contributed by atoms with van der Waals surface area (Å²) in [7, 11) is 2.01. The van der Waals surface area contributed by atoms with Crippen molar-refractivity contribution in [3.05, 3.63) is 12.2 Å². The number of rotatable bonds is 4. The third-order valence-electron chi connectivity index (χ3n) is 5.77. The highest BCUT2D eigenvalue weighted by Gasteiger charge is 2.58. The molecule has 2 aliphatic carbocycles. The van der Waals surface area contributed by atoms with Gasteiger partial charge in [0.05, 0.1) is 0 Å². The molecule has 2 aliphatic rings. The highest BCUT2D eigenvalue weighted by atomic mass is 15.2. The van der Waals surface area contributed by atoms with E-state index in [1.54, 1.807) is 6.33 Å². The Bertz CT molecular complexity index is 460. The van der Waals surface area contributed by atoms with E-state index < -0.39 is 0 Å². The summed E-state index contributed by atoms with van der Waals surface area (Å²) in [6.07, 6.45) is 6.96. The number of aryl methyl sites for hydroxylation is 1. The highest BCUT2D eigenvalue weighted by Crippen LogP contribution is 2.62. The molecule has 106 valence electrons. The molecule has 0 spiro atoms. The quantitative estimate of drug-likeness (QED) is 0.904. The van der Waals surface area contributed by atoms with Gasteiger partial charge in [0.1, 0.15) is 12.2 Å². The molecular formula is C15H26N4. The molecule has 1 aromatic rings. The van der Waals surface area contributed by atoms with Crippen LogP contribution >= 0.6 is 0 Å². The molecule has 0 aliphatic heterocycles. The molecule has 0 aromatic carbocycles. The van der Waals surface area contributed by atoms with E-state index in [1.807, 2.05) is 11.6 Å². The molecule has 3 rings (SSSR count). The normalized spacial score (nSPS) is 36.0. The van der Waals surface area contributed by atoms with Crippen LogP contribution in [0.3, 0.4) is 0 Å². The van der Waals surface area contributed by atoms with Crippen LogP contribution in [0, 0.1) is 16.7 Å². The van der Waals surface area contributed by atoms with E-state index in [0.29, 0.717) is 16.9 Å². The maximum absolute atomic E-state index is 4.15. The third-order valence-corrected chi connectivity index (χ3v) is 5.77. The van der Waals surface area contributed by atoms with Crippen LogP contribution in [0.2, 0.25) is 0 Å². The van der Waals surface area contributed by atoms with E-state index >= 15 is 0 Å². The lowest BCUT2D eigenvalue weighted by molar-refractivity contribution is 0.110. The summed E-state index contributed by atoms with van der Waals surface area (Å²) >= 11 is 0. The maximum atomic E-state index is 4.15. The maximum Gasteiger partial charge on any atom is 0.133 e. The molecule has 1 N–H and O–H groups in total. The standard InChI is InChI=1S/C15H26N4/c1-14(2)11-5-7-15(3,9-11)13(14)16-8-6-12-18-17-10-19(12)4/h10-11,13,16H,5-9H2,1-4H3/t11-,13?,15+/m0/s1. The van der Waals surface area contributed by atoms with Gasteiger partial charge in [-0.25, -0.2) is 0 Å². The van der Waals surface area contributed by atoms with E-state index in [9.17, 15) is 0 Å². The summed E-state index contributed by atoms with van der Waals surface area (Å²) in [6, 6.07) is 0.645. The monoisotopic (exact) mass is 262 g/mol. The zero-order valence-corrected chi connectivity index (χ0v) is 12.6. The summed E-state index contributed by atoms with van der Waals surface area (Å²) in [6.45, 7) is 8.37. The lowest BCUT2D eigenvalue weighted by Crippen LogP contribution is -2.50. The van der Waals surface area contributed by atoms with E-state index in [4.69, 9.17) is 0 Å². The molecule has 0 radical (unpaired) electrons. The minimum absolute atomic E-state index is 0.437. The first kappa shape index (κ1) is 13.1. The van der Waals surface area contributed by atoms with Gasteiger partial charge in [-0.3, -0.25) is 0 Å². The summed E-state index contributed by atoms with van der Waals surface area (Å²) in [5.74, 6) is 1.98. The number of nitrogens with one attached hydrogen (secondary N) is 1. The predicted molar refractivity (Wildman–Crippen MR) is 75.7 cm³/mol. The first-order valence-electron chi connectivity index (χ1n) is 7.50. The third kappa shape index (κ3) is 2.00. The Morgan fingerprint density at radius 1 is 1.42 bits per heavy atom. The van der Waals surface area contributed by atoms with Crippen molar-refractivity contribution in [3.8, 4) is 0 Å². The second kappa shape index (κ2) is 4.30. The van der Waals surface area contributed by atoms with E-state index in [0.717, 1.165) is 24.7 Å². The molecule has 0 saturated heterocycles. The van der Waals surface area contributed by atoms with Crippen LogP contribution in [-0.4, -0.2) is 27.4 Å². The fourth-order valence-electron chi connectivity index (χ4n) is 4.67. The van der Waals surface area contributed by atoms with Gasteiger partial charge in [0.25, 0.3) is 0 Å². The van der Waals surface area contributed by atoms with Gasteiger partial charge in [-0.15, -0.1) is 10.2 Å². The molecule has 1 unspecified atom stereocenters. The Morgan fingerprint density at radius 2 is 2.21 bits per heavy atom. The van der Waals surface area contributed by atoms with E-state index in [1.165, 1.54) is 19.3 Å². The summed E-state index contributed by atoms with van der Waals surface area (Å²) in [5, 5.41) is 11.9. The van der Waals surface area contributed by atoms with Crippen molar-refractivity contribution in [3.63, 3.8) is 0 Å². The number of hydrogen-bond donors (Lipinski definition) is 1. The second-order valence-corrected chi connectivity index (χ2v) is 7.41. The molecule has 0 amide bonds. The van der Waals surface area contributed by atoms with Crippen LogP contribution in [0.5, 0.6) is 0 Å². The van der Waals surface area contributed by atoms with Gasteiger partial charge in [0, 0.05) is 26.1 Å². The number of fused-ring (bicyclic) bond motifs is 2. The van der Waals surface area contributed by atoms with Crippen LogP contribution in [0.15, 0.2) is 6.33 Å². The molecular weight excluding hydrogens is 236 g/mol. The Labute approximate surface area is 116 Å². The minimum Gasteiger partial charge on any atom is -0.321 e. The first-order valence-corrected chi connectivity index (χ1v) is 7.50. The van der Waals surface area contributed by atoms with Gasteiger partial charge < -0.3 is 9.88 Å². The molecule has 1 aromatic heterocycles. The Balaban J connectivity index is 1.62. The number of nitrogens with zero attached hydrogens (tertiary/aromatic N) is 3. The van der Waals surface area contributed by atoms with Gasteiger partial charge in [0.2, 0.25) is 0 Å². The van der Waals surface area contributed by atoms with Crippen LogP contribution in [-0.2, 0) is 13.5 Å². The van der Waals surface area contributed by atoms with Gasteiger partial charge >= 0.3 is 0 Å². The lowest BCUT2D eigenvalue weighted by atomic mass is 9.68. The lowest BCUT2D eigenvalue weighted by Gasteiger charge is -2.43. The fourth-order valence-corrected chi connectivity index (χ4v) is 4.67. The van der Waals surface area contributed by atoms with E-state index in [-0.39, 0.29) is 0 Å². The van der Waals surface area contributed by atoms with Crippen LogP contribution in [0.4, 0.5) is 0 Å². The smallest absolute Gasteiger partial charge is 0.133 e. The molecule has 19 heavy (non-hydrogen) atoms. The summed E-state index contributed by atoms with van der Waals surface area (Å²) in [5.41, 5.74) is 0.945. The number of hydrogen-bond acceptors (Lipinski definition) is 3. The van der Waals surface area contributed by atoms with E-state index in [2.05, 4.69) is 36.3 Å². The van der Waals surface area contributed by atoms with Crippen molar-refractivity contribution in [2.45, 2.75) is 52.5 Å².